The number of carboxylic acids is 1. The molecule has 3 aromatic carbocycles. The number of carbonyl (C=O) groups is 3. The highest BCUT2D eigenvalue weighted by Crippen LogP contribution is 2.23. The third-order valence-electron chi connectivity index (χ3n) is 5.81. The number of anilines is 1. The zero-order valence-electron chi connectivity index (χ0n) is 19.2. The fraction of sp³-hybridized carbons (Fsp3) is 0.222. The van der Waals surface area contributed by atoms with Gasteiger partial charge in [0.2, 0.25) is 5.91 Å². The summed E-state index contributed by atoms with van der Waals surface area (Å²) in [6.07, 6.45) is 3.45. The Kier molecular flexibility index (Phi) is 8.16. The first-order valence-electron chi connectivity index (χ1n) is 11.1. The minimum absolute atomic E-state index is 0.329. The molecule has 0 fully saturated rings. The number of fused-ring (bicyclic) bond motifs is 1. The van der Waals surface area contributed by atoms with Gasteiger partial charge in [0, 0.05) is 23.4 Å². The van der Waals surface area contributed by atoms with E-state index in [2.05, 4.69) is 0 Å². The fourth-order valence-electron chi connectivity index (χ4n) is 3.92. The van der Waals surface area contributed by atoms with Gasteiger partial charge in [-0.25, -0.2) is 0 Å². The van der Waals surface area contributed by atoms with Crippen molar-refractivity contribution in [3.8, 4) is 0 Å². The van der Waals surface area contributed by atoms with Gasteiger partial charge in [0.1, 0.15) is 6.54 Å². The summed E-state index contributed by atoms with van der Waals surface area (Å²) < 4.78 is 0. The Morgan fingerprint density at radius 3 is 2.26 bits per heavy atom. The van der Waals surface area contributed by atoms with Crippen LogP contribution in [-0.2, 0) is 24.2 Å². The van der Waals surface area contributed by atoms with E-state index in [0.29, 0.717) is 23.4 Å². The topological polar surface area (TPSA) is 127 Å². The standard InChI is InChI=1S/C17H18N2O3.C10H11NO/c1-12-7-8-15(9-14(12)10-18)19(11-16(20)21)17(22)13-5-3-2-4-6-13;11-10(12)9-5-4-7-2-1-3-8(7)6-9/h2-9H,10-11,18H2,1H3,(H,20,21);4-6H,1-3H2,(H2,11,12). The van der Waals surface area contributed by atoms with Crippen LogP contribution in [0.2, 0.25) is 0 Å². The van der Waals surface area contributed by atoms with Crippen LogP contribution in [0.25, 0.3) is 0 Å². The first kappa shape index (κ1) is 24.7. The number of primary amides is 1. The van der Waals surface area contributed by atoms with Crippen molar-refractivity contribution in [2.75, 3.05) is 11.4 Å². The molecule has 176 valence electrons. The molecule has 7 heteroatoms. The van der Waals surface area contributed by atoms with Crippen molar-refractivity contribution in [1.82, 2.24) is 0 Å². The van der Waals surface area contributed by atoms with Gasteiger partial charge >= 0.3 is 5.97 Å². The Balaban J connectivity index is 0.000000226. The first-order valence-corrected chi connectivity index (χ1v) is 11.1. The molecule has 0 spiro atoms. The molecule has 0 unspecified atom stereocenters. The Hall–Kier alpha value is -3.97. The monoisotopic (exact) mass is 459 g/mol. The molecule has 0 saturated carbocycles. The lowest BCUT2D eigenvalue weighted by Gasteiger charge is -2.22. The van der Waals surface area contributed by atoms with Crippen LogP contribution in [-0.4, -0.2) is 29.4 Å². The van der Waals surface area contributed by atoms with Gasteiger partial charge in [0.25, 0.3) is 5.91 Å². The van der Waals surface area contributed by atoms with Crippen molar-refractivity contribution in [2.45, 2.75) is 32.7 Å². The van der Waals surface area contributed by atoms with Crippen molar-refractivity contribution in [3.63, 3.8) is 0 Å². The van der Waals surface area contributed by atoms with E-state index >= 15 is 0 Å². The summed E-state index contributed by atoms with van der Waals surface area (Å²) >= 11 is 0. The van der Waals surface area contributed by atoms with Crippen LogP contribution in [0.4, 0.5) is 5.69 Å². The summed E-state index contributed by atoms with van der Waals surface area (Å²) in [6, 6.07) is 19.7. The molecule has 0 bridgehead atoms. The van der Waals surface area contributed by atoms with E-state index in [9.17, 15) is 14.4 Å². The Labute approximate surface area is 199 Å². The third kappa shape index (κ3) is 6.08. The Morgan fingerprint density at radius 2 is 1.62 bits per heavy atom. The number of rotatable bonds is 6. The maximum atomic E-state index is 12.6. The van der Waals surface area contributed by atoms with E-state index in [1.165, 1.54) is 22.4 Å². The molecule has 0 heterocycles. The summed E-state index contributed by atoms with van der Waals surface area (Å²) in [4.78, 5) is 35.8. The maximum Gasteiger partial charge on any atom is 0.323 e. The van der Waals surface area contributed by atoms with Gasteiger partial charge in [0.05, 0.1) is 0 Å². The molecule has 0 aromatic heterocycles. The van der Waals surface area contributed by atoms with E-state index in [1.807, 2.05) is 31.2 Å². The van der Waals surface area contributed by atoms with Gasteiger partial charge in [-0.2, -0.15) is 0 Å². The lowest BCUT2D eigenvalue weighted by molar-refractivity contribution is -0.135. The molecular formula is C27H29N3O4. The number of aryl methyl sites for hydroxylation is 3. The minimum Gasteiger partial charge on any atom is -0.480 e. The second-order valence-electron chi connectivity index (χ2n) is 8.17. The average molecular weight is 460 g/mol. The molecule has 7 nitrogen and oxygen atoms in total. The predicted octanol–water partition coefficient (Wildman–Crippen LogP) is 3.46. The van der Waals surface area contributed by atoms with Crippen LogP contribution in [0.15, 0.2) is 66.7 Å². The number of nitrogens with two attached hydrogens (primary N) is 2. The summed E-state index contributed by atoms with van der Waals surface area (Å²) in [5.41, 5.74) is 17.0. The van der Waals surface area contributed by atoms with E-state index < -0.39 is 12.5 Å². The smallest absolute Gasteiger partial charge is 0.323 e. The van der Waals surface area contributed by atoms with Crippen molar-refractivity contribution in [2.24, 2.45) is 11.5 Å². The molecule has 4 rings (SSSR count). The second kappa shape index (κ2) is 11.2. The van der Waals surface area contributed by atoms with Crippen molar-refractivity contribution < 1.29 is 19.5 Å². The summed E-state index contributed by atoms with van der Waals surface area (Å²) in [5, 5.41) is 9.10. The highest BCUT2D eigenvalue weighted by Gasteiger charge is 2.21. The quantitative estimate of drug-likeness (QED) is 0.520. The Bertz CT molecular complexity index is 1190. The molecule has 34 heavy (non-hydrogen) atoms. The van der Waals surface area contributed by atoms with Gasteiger partial charge in [-0.1, -0.05) is 30.3 Å². The largest absolute Gasteiger partial charge is 0.480 e. The number of benzene rings is 3. The SMILES string of the molecule is Cc1ccc(N(CC(=O)O)C(=O)c2ccccc2)cc1CN.NC(=O)c1ccc2c(c1)CCC2. The van der Waals surface area contributed by atoms with Crippen LogP contribution in [0.5, 0.6) is 0 Å². The minimum atomic E-state index is -1.07. The molecular weight excluding hydrogens is 430 g/mol. The fourth-order valence-corrected chi connectivity index (χ4v) is 3.92. The molecule has 0 radical (unpaired) electrons. The zero-order valence-corrected chi connectivity index (χ0v) is 19.2. The van der Waals surface area contributed by atoms with Crippen LogP contribution in [0.3, 0.4) is 0 Å². The van der Waals surface area contributed by atoms with Gasteiger partial charge in [-0.05, 0) is 84.8 Å². The molecule has 1 aliphatic rings. The highest BCUT2D eigenvalue weighted by molar-refractivity contribution is 6.08. The van der Waals surface area contributed by atoms with Gasteiger partial charge in [-0.3, -0.25) is 19.3 Å². The van der Waals surface area contributed by atoms with Gasteiger partial charge in [0.15, 0.2) is 0 Å². The third-order valence-corrected chi connectivity index (χ3v) is 5.81. The van der Waals surface area contributed by atoms with Gasteiger partial charge < -0.3 is 16.6 Å². The van der Waals surface area contributed by atoms with Crippen LogP contribution in [0.1, 0.15) is 49.4 Å². The van der Waals surface area contributed by atoms with E-state index in [1.54, 1.807) is 42.5 Å². The van der Waals surface area contributed by atoms with E-state index in [4.69, 9.17) is 16.6 Å². The van der Waals surface area contributed by atoms with Crippen LogP contribution >= 0.6 is 0 Å². The maximum absolute atomic E-state index is 12.6. The summed E-state index contributed by atoms with van der Waals surface area (Å²) in [7, 11) is 0. The number of hydrogen-bond acceptors (Lipinski definition) is 4. The molecule has 5 N–H and O–H groups in total. The van der Waals surface area contributed by atoms with Crippen LogP contribution in [0, 0.1) is 6.92 Å². The first-order chi connectivity index (χ1) is 16.3. The van der Waals surface area contributed by atoms with Crippen molar-refractivity contribution >= 4 is 23.5 Å². The second-order valence-corrected chi connectivity index (χ2v) is 8.17. The summed E-state index contributed by atoms with van der Waals surface area (Å²) in [6.45, 7) is 1.85. The molecule has 0 aliphatic heterocycles. The Morgan fingerprint density at radius 1 is 0.912 bits per heavy atom. The van der Waals surface area contributed by atoms with Crippen molar-refractivity contribution in [3.05, 3.63) is 100 Å². The predicted molar refractivity (Wildman–Crippen MR) is 132 cm³/mol. The molecule has 1 aliphatic carbocycles. The highest BCUT2D eigenvalue weighted by atomic mass is 16.4. The van der Waals surface area contributed by atoms with Crippen LogP contribution < -0.4 is 16.4 Å². The number of nitrogens with zero attached hydrogens (tertiary/aromatic N) is 1. The van der Waals surface area contributed by atoms with Gasteiger partial charge in [-0.15, -0.1) is 0 Å². The molecule has 2 amide bonds. The average Bonchev–Trinajstić information content (AvgIpc) is 3.31. The van der Waals surface area contributed by atoms with E-state index in [-0.39, 0.29) is 11.8 Å². The zero-order chi connectivity index (χ0) is 24.7. The normalized spacial score (nSPS) is 11.7. The number of hydrogen-bond donors (Lipinski definition) is 3. The molecule has 0 saturated heterocycles. The molecule has 0 atom stereocenters. The van der Waals surface area contributed by atoms with Crippen molar-refractivity contribution in [1.29, 1.82) is 0 Å². The van der Waals surface area contributed by atoms with E-state index in [0.717, 1.165) is 24.0 Å². The number of carbonyl (C=O) groups excluding carboxylic acids is 2. The molecule has 3 aromatic rings. The number of carboxylic acid groups (broad SMARTS) is 1. The lowest BCUT2D eigenvalue weighted by Crippen LogP contribution is -2.35. The number of amides is 2. The lowest BCUT2D eigenvalue weighted by atomic mass is 10.1. The number of aliphatic carboxylic acids is 1. The summed E-state index contributed by atoms with van der Waals surface area (Å²) in [5.74, 6) is -1.75.